The van der Waals surface area contributed by atoms with E-state index in [1.807, 2.05) is 0 Å². The standard InChI is InChI=1S/2C7H9.Nb/c2*1-2-7-5-3-4-6-7;/h2*3,5H,2,4H2,1H3;/q2*-1;+2. The molecule has 0 spiro atoms. The molecule has 0 aromatic heterocycles. The minimum atomic E-state index is 0. The van der Waals surface area contributed by atoms with Crippen molar-refractivity contribution in [2.45, 2.75) is 39.5 Å². The second kappa shape index (κ2) is 8.96. The normalized spacial score (nSPS) is 16.4. The monoisotopic (exact) mass is 279 g/mol. The first kappa shape index (κ1) is 14.7. The van der Waals surface area contributed by atoms with Crippen molar-refractivity contribution < 1.29 is 22.4 Å². The van der Waals surface area contributed by atoms with Crippen LogP contribution in [0, 0.1) is 12.2 Å². The van der Waals surface area contributed by atoms with Crippen LogP contribution < -0.4 is 0 Å². The van der Waals surface area contributed by atoms with Gasteiger partial charge in [0.25, 0.3) is 0 Å². The van der Waals surface area contributed by atoms with Crippen LogP contribution in [0.3, 0.4) is 0 Å². The Balaban J connectivity index is 0.000000245. The van der Waals surface area contributed by atoms with Gasteiger partial charge in [-0.05, 0) is 0 Å². The zero-order valence-corrected chi connectivity index (χ0v) is 11.8. The van der Waals surface area contributed by atoms with Crippen LogP contribution in [0.1, 0.15) is 39.5 Å². The van der Waals surface area contributed by atoms with E-state index in [0.29, 0.717) is 0 Å². The Bertz CT molecular complexity index is 250. The molecule has 2 rings (SSSR count). The zero-order valence-electron chi connectivity index (χ0n) is 9.59. The van der Waals surface area contributed by atoms with Gasteiger partial charge in [0.05, 0.1) is 0 Å². The van der Waals surface area contributed by atoms with Crippen LogP contribution in [0.15, 0.2) is 35.5 Å². The zero-order chi connectivity index (χ0) is 10.2. The average Bonchev–Trinajstić information content (AvgIpc) is 2.92. The van der Waals surface area contributed by atoms with Crippen molar-refractivity contribution >= 4 is 0 Å². The maximum atomic E-state index is 3.21. The van der Waals surface area contributed by atoms with E-state index in [2.05, 4.69) is 50.3 Å². The molecule has 0 bridgehead atoms. The van der Waals surface area contributed by atoms with Crippen LogP contribution in [0.4, 0.5) is 0 Å². The van der Waals surface area contributed by atoms with Gasteiger partial charge in [0, 0.05) is 0 Å². The van der Waals surface area contributed by atoms with Crippen molar-refractivity contribution in [3.05, 3.63) is 47.6 Å². The molecule has 2 aliphatic rings. The molecule has 0 heterocycles. The molecule has 0 aromatic carbocycles. The first-order valence-electron chi connectivity index (χ1n) is 5.39. The largest absolute Gasteiger partial charge is 2.00 e. The Hall–Kier alpha value is -0.300. The summed E-state index contributed by atoms with van der Waals surface area (Å²) in [6.45, 7) is 4.30. The smallest absolute Gasteiger partial charge is 0.270 e. The molecular weight excluding hydrogens is 261 g/mol. The molecule has 0 atom stereocenters. The average molecular weight is 279 g/mol. The van der Waals surface area contributed by atoms with Gasteiger partial charge in [0.15, 0.2) is 0 Å². The van der Waals surface area contributed by atoms with E-state index >= 15 is 0 Å². The van der Waals surface area contributed by atoms with Crippen molar-refractivity contribution in [3.8, 4) is 0 Å². The molecule has 0 saturated carbocycles. The van der Waals surface area contributed by atoms with Crippen LogP contribution in [0.25, 0.3) is 0 Å². The van der Waals surface area contributed by atoms with Gasteiger partial charge in [0.1, 0.15) is 0 Å². The number of hydrogen-bond donors (Lipinski definition) is 0. The van der Waals surface area contributed by atoms with Crippen LogP contribution in [0.2, 0.25) is 0 Å². The third-order valence-corrected chi connectivity index (χ3v) is 2.29. The second-order valence-electron chi connectivity index (χ2n) is 3.32. The summed E-state index contributed by atoms with van der Waals surface area (Å²) in [5, 5.41) is 0. The molecule has 0 N–H and O–H groups in total. The summed E-state index contributed by atoms with van der Waals surface area (Å²) in [7, 11) is 0. The molecule has 0 nitrogen and oxygen atoms in total. The quantitative estimate of drug-likeness (QED) is 0.525. The molecule has 0 fully saturated rings. The fourth-order valence-electron chi connectivity index (χ4n) is 1.39. The minimum Gasteiger partial charge on any atom is -0.270 e. The van der Waals surface area contributed by atoms with E-state index in [0.717, 1.165) is 25.7 Å². The van der Waals surface area contributed by atoms with Gasteiger partial charge in [-0.2, -0.15) is 12.2 Å². The first-order valence-corrected chi connectivity index (χ1v) is 5.39. The van der Waals surface area contributed by atoms with Crippen molar-refractivity contribution in [2.24, 2.45) is 0 Å². The summed E-state index contributed by atoms with van der Waals surface area (Å²) in [5.41, 5.74) is 2.72. The number of allylic oxidation sites excluding steroid dienone is 8. The van der Waals surface area contributed by atoms with Gasteiger partial charge in [-0.1, -0.05) is 26.7 Å². The fourth-order valence-corrected chi connectivity index (χ4v) is 1.39. The summed E-state index contributed by atoms with van der Waals surface area (Å²) >= 11 is 0. The molecule has 0 aromatic rings. The molecule has 0 unspecified atom stereocenters. The van der Waals surface area contributed by atoms with Crippen LogP contribution in [-0.4, -0.2) is 0 Å². The van der Waals surface area contributed by atoms with Crippen LogP contribution in [-0.2, 0) is 22.4 Å². The molecule has 1 radical (unpaired) electrons. The van der Waals surface area contributed by atoms with E-state index in [4.69, 9.17) is 0 Å². The molecule has 15 heavy (non-hydrogen) atoms. The minimum absolute atomic E-state index is 0. The van der Waals surface area contributed by atoms with Crippen LogP contribution >= 0.6 is 0 Å². The van der Waals surface area contributed by atoms with E-state index in [1.54, 1.807) is 0 Å². The van der Waals surface area contributed by atoms with Gasteiger partial charge in [-0.3, -0.25) is 12.2 Å². The third-order valence-electron chi connectivity index (χ3n) is 2.29. The molecular formula is C14H18Nb. The summed E-state index contributed by atoms with van der Waals surface area (Å²) in [6, 6.07) is 0. The predicted octanol–water partition coefficient (Wildman–Crippen LogP) is 4.17. The summed E-state index contributed by atoms with van der Waals surface area (Å²) in [5.74, 6) is 0. The SMILES string of the molecule is CCC1=[C-]CC=C1.CCC1=[C-]CC=C1.[Nb+2]. The first-order chi connectivity index (χ1) is 6.86. The Morgan fingerprint density at radius 3 is 1.47 bits per heavy atom. The molecule has 2 aliphatic carbocycles. The maximum absolute atomic E-state index is 3.21. The van der Waals surface area contributed by atoms with E-state index in [-0.39, 0.29) is 22.4 Å². The Labute approximate surface area is 109 Å². The molecule has 1 heteroatoms. The number of rotatable bonds is 2. The van der Waals surface area contributed by atoms with Crippen molar-refractivity contribution in [1.29, 1.82) is 0 Å². The van der Waals surface area contributed by atoms with Gasteiger partial charge in [0.2, 0.25) is 0 Å². The Morgan fingerprint density at radius 1 is 0.933 bits per heavy atom. The molecule has 79 valence electrons. The third kappa shape index (κ3) is 5.99. The van der Waals surface area contributed by atoms with Gasteiger partial charge >= 0.3 is 22.4 Å². The van der Waals surface area contributed by atoms with Crippen molar-refractivity contribution in [1.82, 2.24) is 0 Å². The fraction of sp³-hybridized carbons (Fsp3) is 0.429. The van der Waals surface area contributed by atoms with Crippen molar-refractivity contribution in [3.63, 3.8) is 0 Å². The summed E-state index contributed by atoms with van der Waals surface area (Å²) in [4.78, 5) is 0. The predicted molar refractivity (Wildman–Crippen MR) is 61.6 cm³/mol. The van der Waals surface area contributed by atoms with E-state index < -0.39 is 0 Å². The molecule has 0 saturated heterocycles. The Morgan fingerprint density at radius 2 is 1.33 bits per heavy atom. The van der Waals surface area contributed by atoms with Gasteiger partial charge < -0.3 is 0 Å². The number of hydrogen-bond acceptors (Lipinski definition) is 0. The Kier molecular flexibility index (Phi) is 8.79. The van der Waals surface area contributed by atoms with E-state index in [9.17, 15) is 0 Å². The van der Waals surface area contributed by atoms with Gasteiger partial charge in [-0.25, -0.2) is 23.3 Å². The van der Waals surface area contributed by atoms with E-state index in [1.165, 1.54) is 11.1 Å². The van der Waals surface area contributed by atoms with Crippen LogP contribution in [0.5, 0.6) is 0 Å². The molecule has 0 aliphatic heterocycles. The summed E-state index contributed by atoms with van der Waals surface area (Å²) < 4.78 is 0. The topological polar surface area (TPSA) is 0 Å². The summed E-state index contributed by atoms with van der Waals surface area (Å²) in [6.07, 6.45) is 19.3. The molecule has 0 amide bonds. The maximum Gasteiger partial charge on any atom is 2.00 e. The van der Waals surface area contributed by atoms with Crippen molar-refractivity contribution in [2.75, 3.05) is 0 Å². The van der Waals surface area contributed by atoms with Gasteiger partial charge in [-0.15, -0.1) is 12.8 Å². The second-order valence-corrected chi connectivity index (χ2v) is 3.32.